The molecule has 1 saturated carbocycles. The van der Waals surface area contributed by atoms with E-state index in [4.69, 9.17) is 28.2 Å². The molecule has 128 valence electrons. The first kappa shape index (κ1) is 17.2. The molecule has 1 aromatic carbocycles. The Bertz CT molecular complexity index is 684. The van der Waals surface area contributed by atoms with Gasteiger partial charge in [-0.1, -0.05) is 24.9 Å². The minimum atomic E-state index is 0.484. The summed E-state index contributed by atoms with van der Waals surface area (Å²) in [4.78, 5) is 2.16. The van der Waals surface area contributed by atoms with Crippen LogP contribution in [0.25, 0.3) is 11.5 Å². The number of nitrogens with one attached hydrogen (secondary N) is 1. The molecule has 1 aromatic heterocycles. The van der Waals surface area contributed by atoms with Gasteiger partial charge in [0.05, 0.1) is 6.54 Å². The molecule has 0 aliphatic heterocycles. The third-order valence-corrected chi connectivity index (χ3v) is 4.55. The van der Waals surface area contributed by atoms with Crippen molar-refractivity contribution in [2.45, 2.75) is 45.2 Å². The quantitative estimate of drug-likeness (QED) is 0.591. The molecule has 0 spiro atoms. The maximum atomic E-state index is 5.91. The van der Waals surface area contributed by atoms with Gasteiger partial charge in [-0.15, -0.1) is 10.2 Å². The zero-order valence-corrected chi connectivity index (χ0v) is 15.2. The largest absolute Gasteiger partial charge is 0.419 e. The Labute approximate surface area is 152 Å². The summed E-state index contributed by atoms with van der Waals surface area (Å²) in [6, 6.07) is 7.84. The second-order valence-corrected chi connectivity index (χ2v) is 6.78. The number of benzene rings is 1. The molecule has 0 radical (unpaired) electrons. The van der Waals surface area contributed by atoms with Crippen LogP contribution in [-0.4, -0.2) is 32.8 Å². The summed E-state index contributed by atoms with van der Waals surface area (Å²) in [5.41, 5.74) is 0.861. The zero-order valence-electron chi connectivity index (χ0n) is 13.7. The van der Waals surface area contributed by atoms with Gasteiger partial charge < -0.3 is 14.6 Å². The smallest absolute Gasteiger partial charge is 0.247 e. The van der Waals surface area contributed by atoms with E-state index in [0.29, 0.717) is 29.4 Å². The van der Waals surface area contributed by atoms with Crippen molar-refractivity contribution in [3.63, 3.8) is 0 Å². The summed E-state index contributed by atoms with van der Waals surface area (Å²) in [7, 11) is 0. The van der Waals surface area contributed by atoms with Crippen LogP contribution in [-0.2, 0) is 6.54 Å². The maximum absolute atomic E-state index is 5.91. The molecule has 2 aromatic rings. The van der Waals surface area contributed by atoms with Crippen molar-refractivity contribution in [3.05, 3.63) is 35.2 Å². The van der Waals surface area contributed by atoms with Crippen molar-refractivity contribution < 1.29 is 4.42 Å². The lowest BCUT2D eigenvalue weighted by molar-refractivity contribution is 0.343. The summed E-state index contributed by atoms with van der Waals surface area (Å²) in [5, 5.41) is 13.1. The average molecular weight is 365 g/mol. The minimum absolute atomic E-state index is 0.484. The van der Waals surface area contributed by atoms with E-state index in [2.05, 4.69) is 27.3 Å². The van der Waals surface area contributed by atoms with E-state index in [1.807, 2.05) is 24.3 Å². The predicted molar refractivity (Wildman–Crippen MR) is 98.8 cm³/mol. The molecule has 1 aliphatic rings. The Morgan fingerprint density at radius 1 is 1.33 bits per heavy atom. The van der Waals surface area contributed by atoms with Gasteiger partial charge in [0, 0.05) is 23.2 Å². The maximum Gasteiger partial charge on any atom is 0.247 e. The minimum Gasteiger partial charge on any atom is -0.419 e. The molecular formula is C17H21ClN4OS. The fraction of sp³-hybridized carbons (Fsp3) is 0.471. The number of hydrogen-bond donors (Lipinski definition) is 1. The fourth-order valence-corrected chi connectivity index (χ4v) is 2.84. The highest BCUT2D eigenvalue weighted by Gasteiger charge is 2.32. The number of halogens is 1. The lowest BCUT2D eigenvalue weighted by atomic mass is 10.2. The van der Waals surface area contributed by atoms with Crippen molar-refractivity contribution >= 4 is 28.9 Å². The highest BCUT2D eigenvalue weighted by Crippen LogP contribution is 2.29. The first-order valence-electron chi connectivity index (χ1n) is 8.30. The van der Waals surface area contributed by atoms with Crippen LogP contribution < -0.4 is 5.32 Å². The van der Waals surface area contributed by atoms with Gasteiger partial charge in [-0.05, 0) is 55.7 Å². The number of nitrogens with zero attached hydrogens (tertiary/aromatic N) is 3. The lowest BCUT2D eigenvalue weighted by Crippen LogP contribution is -2.41. The Kier molecular flexibility index (Phi) is 5.68. The van der Waals surface area contributed by atoms with Gasteiger partial charge in [0.1, 0.15) is 0 Å². The van der Waals surface area contributed by atoms with Crippen molar-refractivity contribution in [1.29, 1.82) is 0 Å². The van der Waals surface area contributed by atoms with Gasteiger partial charge in [0.15, 0.2) is 5.11 Å². The highest BCUT2D eigenvalue weighted by molar-refractivity contribution is 7.80. The highest BCUT2D eigenvalue weighted by atomic mass is 35.5. The molecule has 5 nitrogen and oxygen atoms in total. The average Bonchev–Trinajstić information content (AvgIpc) is 3.32. The topological polar surface area (TPSA) is 54.2 Å². The van der Waals surface area contributed by atoms with E-state index in [1.54, 1.807) is 0 Å². The predicted octanol–water partition coefficient (Wildman–Crippen LogP) is 4.03. The fourth-order valence-electron chi connectivity index (χ4n) is 2.40. The molecule has 1 fully saturated rings. The van der Waals surface area contributed by atoms with Crippen LogP contribution in [0.5, 0.6) is 0 Å². The third-order valence-electron chi connectivity index (χ3n) is 3.92. The lowest BCUT2D eigenvalue weighted by Gasteiger charge is -2.24. The number of unbranched alkanes of at least 4 members (excludes halogenated alkanes) is 1. The first-order chi connectivity index (χ1) is 11.7. The summed E-state index contributed by atoms with van der Waals surface area (Å²) in [5.74, 6) is 1.08. The van der Waals surface area contributed by atoms with E-state index in [-0.39, 0.29) is 0 Å². The number of rotatable bonds is 7. The molecule has 0 saturated heterocycles. The number of aromatic nitrogens is 2. The van der Waals surface area contributed by atoms with Crippen LogP contribution >= 0.6 is 23.8 Å². The summed E-state index contributed by atoms with van der Waals surface area (Å²) in [6.07, 6.45) is 4.58. The van der Waals surface area contributed by atoms with Crippen molar-refractivity contribution in [2.75, 3.05) is 6.54 Å². The second kappa shape index (κ2) is 7.94. The molecule has 3 rings (SSSR count). The summed E-state index contributed by atoms with van der Waals surface area (Å²) >= 11 is 11.4. The van der Waals surface area contributed by atoms with Crippen LogP contribution in [0.3, 0.4) is 0 Å². The van der Waals surface area contributed by atoms with Gasteiger partial charge in [-0.25, -0.2) is 0 Å². The summed E-state index contributed by atoms with van der Waals surface area (Å²) < 4.78 is 5.80. The molecule has 0 unspecified atom stereocenters. The van der Waals surface area contributed by atoms with E-state index in [0.717, 1.165) is 42.9 Å². The monoisotopic (exact) mass is 364 g/mol. The van der Waals surface area contributed by atoms with Crippen LogP contribution in [0.4, 0.5) is 0 Å². The van der Waals surface area contributed by atoms with Gasteiger partial charge in [0.25, 0.3) is 0 Å². The van der Waals surface area contributed by atoms with E-state index < -0.39 is 0 Å². The normalized spacial score (nSPS) is 13.8. The number of thiocarbonyl (C=S) groups is 1. The molecule has 1 N–H and O–H groups in total. The molecule has 0 bridgehead atoms. The molecule has 1 aliphatic carbocycles. The van der Waals surface area contributed by atoms with Crippen LogP contribution in [0.15, 0.2) is 28.7 Å². The Morgan fingerprint density at radius 3 is 2.75 bits per heavy atom. The van der Waals surface area contributed by atoms with Gasteiger partial charge in [0.2, 0.25) is 11.8 Å². The molecule has 24 heavy (non-hydrogen) atoms. The third kappa shape index (κ3) is 4.45. The molecular weight excluding hydrogens is 344 g/mol. The Morgan fingerprint density at radius 2 is 2.08 bits per heavy atom. The second-order valence-electron chi connectivity index (χ2n) is 5.95. The Hall–Kier alpha value is -1.66. The van der Waals surface area contributed by atoms with E-state index >= 15 is 0 Å². The van der Waals surface area contributed by atoms with Crippen LogP contribution in [0.2, 0.25) is 5.02 Å². The van der Waals surface area contributed by atoms with Gasteiger partial charge in [-0.2, -0.15) is 0 Å². The van der Waals surface area contributed by atoms with Crippen molar-refractivity contribution in [1.82, 2.24) is 20.4 Å². The molecule has 1 heterocycles. The number of hydrogen-bond acceptors (Lipinski definition) is 4. The van der Waals surface area contributed by atoms with Crippen LogP contribution in [0, 0.1) is 0 Å². The molecule has 0 amide bonds. The van der Waals surface area contributed by atoms with Crippen molar-refractivity contribution in [3.8, 4) is 11.5 Å². The standard InChI is InChI=1S/C17H21ClN4OS/c1-2-3-10-19-17(24)22(14-8-9-14)11-15-20-21-16(23-15)12-4-6-13(18)7-5-12/h4-7,14H,2-3,8-11H2,1H3,(H,19,24). The van der Waals surface area contributed by atoms with E-state index in [9.17, 15) is 0 Å². The van der Waals surface area contributed by atoms with Crippen molar-refractivity contribution in [2.24, 2.45) is 0 Å². The zero-order chi connectivity index (χ0) is 16.9. The first-order valence-corrected chi connectivity index (χ1v) is 9.08. The van der Waals surface area contributed by atoms with Gasteiger partial charge in [-0.3, -0.25) is 0 Å². The van der Waals surface area contributed by atoms with Gasteiger partial charge >= 0.3 is 0 Å². The SMILES string of the molecule is CCCCNC(=S)N(Cc1nnc(-c2ccc(Cl)cc2)o1)C1CC1. The van der Waals surface area contributed by atoms with E-state index in [1.165, 1.54) is 0 Å². The Balaban J connectivity index is 1.65. The molecule has 7 heteroatoms. The summed E-state index contributed by atoms with van der Waals surface area (Å²) in [6.45, 7) is 3.61. The molecule has 0 atom stereocenters. The van der Waals surface area contributed by atoms with Crippen LogP contribution in [0.1, 0.15) is 38.5 Å².